The predicted molar refractivity (Wildman–Crippen MR) is 74.1 cm³/mol. The maximum atomic E-state index is 12.1. The minimum atomic E-state index is -0.398. The molecule has 0 bridgehead atoms. The molecule has 1 aromatic carbocycles. The molecule has 0 aliphatic carbocycles. The van der Waals surface area contributed by atoms with Crippen molar-refractivity contribution in [2.75, 3.05) is 18.8 Å². The Bertz CT molecular complexity index is 532. The third-order valence-electron chi connectivity index (χ3n) is 3.63. The number of nitrogens with one attached hydrogen (secondary N) is 1. The van der Waals surface area contributed by atoms with Crippen molar-refractivity contribution < 1.29 is 9.59 Å². The molecule has 0 aromatic heterocycles. The quantitative estimate of drug-likeness (QED) is 0.883. The van der Waals surface area contributed by atoms with E-state index >= 15 is 0 Å². The molecule has 3 rings (SSSR count). The second-order valence-electron chi connectivity index (χ2n) is 5.05. The number of hydrogen-bond donors (Lipinski definition) is 1. The van der Waals surface area contributed by atoms with Crippen molar-refractivity contribution in [1.29, 1.82) is 0 Å². The molecular formula is C14H16N2O2S. The van der Waals surface area contributed by atoms with Crippen molar-refractivity contribution in [3.05, 3.63) is 29.8 Å². The molecule has 1 N–H and O–H groups in total. The number of amides is 2. The van der Waals surface area contributed by atoms with Crippen molar-refractivity contribution in [2.45, 2.75) is 23.8 Å². The fourth-order valence-corrected chi connectivity index (χ4v) is 3.92. The van der Waals surface area contributed by atoms with Gasteiger partial charge in [0.15, 0.2) is 0 Å². The Morgan fingerprint density at radius 3 is 3.00 bits per heavy atom. The molecule has 1 aromatic rings. The summed E-state index contributed by atoms with van der Waals surface area (Å²) in [6.45, 7) is 2.57. The average Bonchev–Trinajstić information content (AvgIpc) is 2.79. The number of piperazine rings is 1. The number of nitrogens with zero attached hydrogens (tertiary/aromatic N) is 1. The lowest BCUT2D eigenvalue weighted by molar-refractivity contribution is -0.143. The van der Waals surface area contributed by atoms with Crippen LogP contribution in [0.5, 0.6) is 0 Å². The summed E-state index contributed by atoms with van der Waals surface area (Å²) in [6.07, 6.45) is 0. The normalized spacial score (nSPS) is 26.3. The van der Waals surface area contributed by atoms with E-state index in [4.69, 9.17) is 0 Å². The third-order valence-corrected chi connectivity index (χ3v) is 4.89. The van der Waals surface area contributed by atoms with E-state index in [9.17, 15) is 9.59 Å². The molecule has 19 heavy (non-hydrogen) atoms. The summed E-state index contributed by atoms with van der Waals surface area (Å²) < 4.78 is 0. The first-order valence-electron chi connectivity index (χ1n) is 6.45. The zero-order valence-corrected chi connectivity index (χ0v) is 11.6. The molecule has 0 saturated carbocycles. The highest BCUT2D eigenvalue weighted by Gasteiger charge is 2.33. The molecule has 5 heteroatoms. The van der Waals surface area contributed by atoms with Gasteiger partial charge in [-0.1, -0.05) is 18.2 Å². The second kappa shape index (κ2) is 4.89. The van der Waals surface area contributed by atoms with Crippen molar-refractivity contribution in [3.63, 3.8) is 0 Å². The van der Waals surface area contributed by atoms with Gasteiger partial charge in [-0.25, -0.2) is 0 Å². The molecule has 1 fully saturated rings. The van der Waals surface area contributed by atoms with Gasteiger partial charge in [-0.15, -0.1) is 11.8 Å². The highest BCUT2D eigenvalue weighted by Crippen LogP contribution is 2.39. The van der Waals surface area contributed by atoms with E-state index in [2.05, 4.69) is 17.4 Å². The largest absolute Gasteiger partial charge is 0.343 e. The third kappa shape index (κ3) is 2.34. The molecule has 2 aliphatic heterocycles. The summed E-state index contributed by atoms with van der Waals surface area (Å²) in [6, 6.07) is 7.91. The molecule has 2 aliphatic rings. The maximum absolute atomic E-state index is 12.1. The number of carbonyl (C=O) groups excluding carboxylic acids is 2. The van der Waals surface area contributed by atoms with Crippen molar-refractivity contribution in [2.24, 2.45) is 0 Å². The second-order valence-corrected chi connectivity index (χ2v) is 6.12. The van der Waals surface area contributed by atoms with Crippen LogP contribution in [0.4, 0.5) is 0 Å². The fourth-order valence-electron chi connectivity index (χ4n) is 2.67. The first-order valence-corrected chi connectivity index (χ1v) is 7.43. The van der Waals surface area contributed by atoms with Gasteiger partial charge in [0.1, 0.15) is 6.04 Å². The van der Waals surface area contributed by atoms with Crippen LogP contribution in [0.25, 0.3) is 0 Å². The van der Waals surface area contributed by atoms with E-state index in [-0.39, 0.29) is 18.4 Å². The number of rotatable bonds is 2. The Labute approximate surface area is 116 Å². The van der Waals surface area contributed by atoms with Crippen LogP contribution in [0.3, 0.4) is 0 Å². The van der Waals surface area contributed by atoms with Gasteiger partial charge in [0.05, 0.1) is 6.54 Å². The van der Waals surface area contributed by atoms with Crippen LogP contribution in [0.1, 0.15) is 18.4 Å². The van der Waals surface area contributed by atoms with Gasteiger partial charge in [-0.3, -0.25) is 9.59 Å². The summed E-state index contributed by atoms with van der Waals surface area (Å²) in [7, 11) is 0. The first kappa shape index (κ1) is 12.5. The Morgan fingerprint density at radius 1 is 1.37 bits per heavy atom. The molecule has 0 radical (unpaired) electrons. The monoisotopic (exact) mass is 276 g/mol. The zero-order chi connectivity index (χ0) is 13.4. The zero-order valence-electron chi connectivity index (χ0n) is 10.8. The van der Waals surface area contributed by atoms with Crippen LogP contribution >= 0.6 is 11.8 Å². The number of thioether (sulfide) groups is 1. The molecule has 2 heterocycles. The lowest BCUT2D eigenvalue weighted by atomic mass is 10.00. The summed E-state index contributed by atoms with van der Waals surface area (Å²) in [5.41, 5.74) is 1.30. The number of carbonyl (C=O) groups is 2. The van der Waals surface area contributed by atoms with Gasteiger partial charge in [-0.2, -0.15) is 0 Å². The molecular weight excluding hydrogens is 260 g/mol. The predicted octanol–water partition coefficient (Wildman–Crippen LogP) is 1.22. The van der Waals surface area contributed by atoms with E-state index in [0.717, 1.165) is 5.75 Å². The topological polar surface area (TPSA) is 49.4 Å². The van der Waals surface area contributed by atoms with Crippen molar-refractivity contribution in [1.82, 2.24) is 10.2 Å². The molecule has 0 spiro atoms. The van der Waals surface area contributed by atoms with Gasteiger partial charge in [0, 0.05) is 23.1 Å². The van der Waals surface area contributed by atoms with Gasteiger partial charge < -0.3 is 10.2 Å². The van der Waals surface area contributed by atoms with E-state index in [1.165, 1.54) is 10.5 Å². The van der Waals surface area contributed by atoms with Gasteiger partial charge in [0.25, 0.3) is 0 Å². The lowest BCUT2D eigenvalue weighted by Crippen LogP contribution is -2.57. The summed E-state index contributed by atoms with van der Waals surface area (Å²) in [5.74, 6) is 1.28. The molecule has 1 saturated heterocycles. The first-order chi connectivity index (χ1) is 9.15. The summed E-state index contributed by atoms with van der Waals surface area (Å²) in [4.78, 5) is 26.6. The number of fused-ring (bicyclic) bond motifs is 1. The van der Waals surface area contributed by atoms with Crippen LogP contribution < -0.4 is 5.32 Å². The summed E-state index contributed by atoms with van der Waals surface area (Å²) in [5, 5.41) is 2.67. The van der Waals surface area contributed by atoms with Crippen LogP contribution in [0, 0.1) is 0 Å². The Morgan fingerprint density at radius 2 is 2.16 bits per heavy atom. The van der Waals surface area contributed by atoms with E-state index in [0.29, 0.717) is 12.5 Å². The van der Waals surface area contributed by atoms with Crippen molar-refractivity contribution in [3.8, 4) is 0 Å². The van der Waals surface area contributed by atoms with Crippen molar-refractivity contribution >= 4 is 23.6 Å². The molecule has 2 atom stereocenters. The van der Waals surface area contributed by atoms with Gasteiger partial charge >= 0.3 is 0 Å². The van der Waals surface area contributed by atoms with Crippen LogP contribution in [-0.4, -0.2) is 41.6 Å². The summed E-state index contributed by atoms with van der Waals surface area (Å²) >= 11 is 1.83. The Kier molecular flexibility index (Phi) is 3.22. The molecule has 4 nitrogen and oxygen atoms in total. The molecule has 2 unspecified atom stereocenters. The van der Waals surface area contributed by atoms with E-state index in [1.54, 1.807) is 11.8 Å². The van der Waals surface area contributed by atoms with E-state index < -0.39 is 6.04 Å². The van der Waals surface area contributed by atoms with Crippen LogP contribution in [0.2, 0.25) is 0 Å². The smallest absolute Gasteiger partial charge is 0.245 e. The number of hydrogen-bond acceptors (Lipinski definition) is 3. The van der Waals surface area contributed by atoms with Gasteiger partial charge in [-0.05, 0) is 18.6 Å². The van der Waals surface area contributed by atoms with Gasteiger partial charge in [0.2, 0.25) is 11.8 Å². The number of benzene rings is 1. The maximum Gasteiger partial charge on any atom is 0.245 e. The van der Waals surface area contributed by atoms with Crippen LogP contribution in [-0.2, 0) is 9.59 Å². The Hall–Kier alpha value is -1.49. The molecule has 100 valence electrons. The minimum Gasteiger partial charge on any atom is -0.343 e. The highest BCUT2D eigenvalue weighted by molar-refractivity contribution is 7.99. The Balaban J connectivity index is 1.75. The fraction of sp³-hybridized carbons (Fsp3) is 0.429. The highest BCUT2D eigenvalue weighted by atomic mass is 32.2. The van der Waals surface area contributed by atoms with Crippen LogP contribution in [0.15, 0.2) is 29.2 Å². The lowest BCUT2D eigenvalue weighted by Gasteiger charge is -2.32. The SMILES string of the molecule is CC1NC(=O)CN(CC2CSc3ccccc32)C1=O. The average molecular weight is 276 g/mol. The standard InChI is InChI=1S/C14H16N2O2S/c1-9-14(18)16(7-13(17)15-9)6-10-8-19-12-5-3-2-4-11(10)12/h2-5,9-10H,6-8H2,1H3,(H,15,17). The van der Waals surface area contributed by atoms with E-state index in [1.807, 2.05) is 23.9 Å². The molecule has 2 amide bonds. The minimum absolute atomic E-state index is 0.0222.